The molecule has 0 spiro atoms. The van der Waals surface area contributed by atoms with Gasteiger partial charge in [-0.05, 0) is 54.2 Å². The van der Waals surface area contributed by atoms with E-state index in [0.717, 1.165) is 16.8 Å². The van der Waals surface area contributed by atoms with Gasteiger partial charge in [0.1, 0.15) is 12.4 Å². The van der Waals surface area contributed by atoms with Crippen LogP contribution in [0, 0.1) is 0 Å². The van der Waals surface area contributed by atoms with Crippen molar-refractivity contribution in [2.45, 2.75) is 6.61 Å². The first-order valence-corrected chi connectivity index (χ1v) is 11.3. The van der Waals surface area contributed by atoms with E-state index in [1.807, 2.05) is 60.0 Å². The summed E-state index contributed by atoms with van der Waals surface area (Å²) in [5.41, 5.74) is 3.30. The molecule has 32 heavy (non-hydrogen) atoms. The summed E-state index contributed by atoms with van der Waals surface area (Å²) in [6.45, 7) is 0.464. The molecule has 0 bridgehead atoms. The number of nitrogens with one attached hydrogen (secondary N) is 2. The molecular formula is C24H18ClN3O2S2. The summed E-state index contributed by atoms with van der Waals surface area (Å²) in [4.78, 5) is 17.0. The number of benzene rings is 3. The van der Waals surface area contributed by atoms with Gasteiger partial charge in [0.05, 0.1) is 5.69 Å². The molecule has 0 unspecified atom stereocenters. The van der Waals surface area contributed by atoms with Crippen molar-refractivity contribution in [2.24, 2.45) is 0 Å². The van der Waals surface area contributed by atoms with E-state index in [-0.39, 0.29) is 11.0 Å². The van der Waals surface area contributed by atoms with Gasteiger partial charge in [-0.1, -0.05) is 54.1 Å². The number of thiazole rings is 1. The van der Waals surface area contributed by atoms with E-state index >= 15 is 0 Å². The normalized spacial score (nSPS) is 10.4. The number of carbonyl (C=O) groups excluding carboxylic acids is 1. The zero-order chi connectivity index (χ0) is 22.3. The quantitative estimate of drug-likeness (QED) is 0.324. The number of hydrogen-bond donors (Lipinski definition) is 2. The summed E-state index contributed by atoms with van der Waals surface area (Å²) in [7, 11) is 0. The summed E-state index contributed by atoms with van der Waals surface area (Å²) in [5, 5.41) is 8.96. The lowest BCUT2D eigenvalue weighted by molar-refractivity contribution is 0.0977. The third kappa shape index (κ3) is 5.91. The van der Waals surface area contributed by atoms with E-state index in [9.17, 15) is 4.79 Å². The van der Waals surface area contributed by atoms with Crippen LogP contribution in [0.15, 0.2) is 84.2 Å². The van der Waals surface area contributed by atoms with Gasteiger partial charge in [-0.2, -0.15) is 0 Å². The highest BCUT2D eigenvalue weighted by Gasteiger charge is 2.11. The van der Waals surface area contributed by atoms with E-state index in [1.54, 1.807) is 24.3 Å². The molecule has 0 saturated heterocycles. The Balaban J connectivity index is 1.30. The standard InChI is InChI=1S/C24H18ClN3O2S2/c25-19-10-6-17(7-11-19)21-15-32-24(26-21)28-23(31)27-22(29)18-8-12-20(13-9-18)30-14-16-4-2-1-3-5-16/h1-13,15H,14H2,(H2,26,27,28,29,31). The lowest BCUT2D eigenvalue weighted by atomic mass is 10.2. The predicted molar refractivity (Wildman–Crippen MR) is 133 cm³/mol. The van der Waals surface area contributed by atoms with Crippen LogP contribution in [0.1, 0.15) is 15.9 Å². The van der Waals surface area contributed by atoms with Crippen molar-refractivity contribution in [2.75, 3.05) is 5.32 Å². The van der Waals surface area contributed by atoms with Crippen LogP contribution in [-0.4, -0.2) is 16.0 Å². The number of halogens is 1. The lowest BCUT2D eigenvalue weighted by Gasteiger charge is -2.09. The number of nitrogens with zero attached hydrogens (tertiary/aromatic N) is 1. The van der Waals surface area contributed by atoms with Gasteiger partial charge < -0.3 is 10.1 Å². The van der Waals surface area contributed by atoms with Gasteiger partial charge in [0.2, 0.25) is 0 Å². The van der Waals surface area contributed by atoms with E-state index in [4.69, 9.17) is 28.6 Å². The zero-order valence-electron chi connectivity index (χ0n) is 16.7. The molecule has 1 heterocycles. The molecule has 0 aliphatic rings. The van der Waals surface area contributed by atoms with E-state index < -0.39 is 0 Å². The Labute approximate surface area is 200 Å². The SMILES string of the molecule is O=C(NC(=S)Nc1nc(-c2ccc(Cl)cc2)cs1)c1ccc(OCc2ccccc2)cc1. The molecule has 0 radical (unpaired) electrons. The average Bonchev–Trinajstić information content (AvgIpc) is 3.27. The Kier molecular flexibility index (Phi) is 7.11. The number of amides is 1. The van der Waals surface area contributed by atoms with Crippen molar-refractivity contribution in [3.63, 3.8) is 0 Å². The Hall–Kier alpha value is -3.26. The first-order valence-electron chi connectivity index (χ1n) is 9.67. The van der Waals surface area contributed by atoms with Gasteiger partial charge in [0.25, 0.3) is 5.91 Å². The highest BCUT2D eigenvalue weighted by Crippen LogP contribution is 2.26. The molecule has 0 saturated carbocycles. The second-order valence-electron chi connectivity index (χ2n) is 6.75. The Morgan fingerprint density at radius 3 is 2.44 bits per heavy atom. The highest BCUT2D eigenvalue weighted by molar-refractivity contribution is 7.80. The minimum absolute atomic E-state index is 0.177. The maximum absolute atomic E-state index is 12.5. The molecular weight excluding hydrogens is 462 g/mol. The van der Waals surface area contributed by atoms with Gasteiger partial charge in [0, 0.05) is 21.5 Å². The van der Waals surface area contributed by atoms with Gasteiger partial charge in [-0.3, -0.25) is 10.1 Å². The first-order chi connectivity index (χ1) is 15.6. The van der Waals surface area contributed by atoms with Crippen molar-refractivity contribution in [3.8, 4) is 17.0 Å². The zero-order valence-corrected chi connectivity index (χ0v) is 19.1. The van der Waals surface area contributed by atoms with Crippen molar-refractivity contribution in [1.29, 1.82) is 0 Å². The maximum Gasteiger partial charge on any atom is 0.257 e. The Bertz CT molecular complexity index is 1210. The minimum Gasteiger partial charge on any atom is -0.489 e. The van der Waals surface area contributed by atoms with Crippen LogP contribution in [0.5, 0.6) is 5.75 Å². The van der Waals surface area contributed by atoms with Crippen LogP contribution in [0.25, 0.3) is 11.3 Å². The van der Waals surface area contributed by atoms with Gasteiger partial charge in [-0.25, -0.2) is 4.98 Å². The summed E-state index contributed by atoms with van der Waals surface area (Å²) in [6.07, 6.45) is 0. The molecule has 5 nitrogen and oxygen atoms in total. The number of aromatic nitrogens is 1. The number of rotatable bonds is 6. The third-order valence-electron chi connectivity index (χ3n) is 4.46. The fraction of sp³-hybridized carbons (Fsp3) is 0.0417. The minimum atomic E-state index is -0.313. The smallest absolute Gasteiger partial charge is 0.257 e. The summed E-state index contributed by atoms with van der Waals surface area (Å²) in [6, 6.07) is 24.2. The largest absolute Gasteiger partial charge is 0.489 e. The van der Waals surface area contributed by atoms with Crippen molar-refractivity contribution in [3.05, 3.63) is 100 Å². The molecule has 0 fully saturated rings. The van der Waals surface area contributed by atoms with Crippen molar-refractivity contribution < 1.29 is 9.53 Å². The average molecular weight is 480 g/mol. The summed E-state index contributed by atoms with van der Waals surface area (Å²) >= 11 is 12.6. The predicted octanol–water partition coefficient (Wildman–Crippen LogP) is 6.17. The van der Waals surface area contributed by atoms with Crippen LogP contribution < -0.4 is 15.4 Å². The molecule has 0 aliphatic heterocycles. The second kappa shape index (κ2) is 10.4. The van der Waals surface area contributed by atoms with Crippen LogP contribution in [0.3, 0.4) is 0 Å². The molecule has 3 aromatic carbocycles. The van der Waals surface area contributed by atoms with Gasteiger partial charge in [0.15, 0.2) is 10.2 Å². The molecule has 2 N–H and O–H groups in total. The first kappa shape index (κ1) is 22.0. The number of ether oxygens (including phenoxy) is 1. The molecule has 4 aromatic rings. The van der Waals surface area contributed by atoms with Crippen LogP contribution >= 0.6 is 35.2 Å². The monoisotopic (exact) mass is 479 g/mol. The summed E-state index contributed by atoms with van der Waals surface area (Å²) in [5.74, 6) is 0.371. The molecule has 0 atom stereocenters. The van der Waals surface area contributed by atoms with Crippen molar-refractivity contribution >= 4 is 51.3 Å². The molecule has 0 aliphatic carbocycles. The van der Waals surface area contributed by atoms with E-state index in [1.165, 1.54) is 11.3 Å². The maximum atomic E-state index is 12.5. The molecule has 160 valence electrons. The molecule has 1 aromatic heterocycles. The highest BCUT2D eigenvalue weighted by atomic mass is 35.5. The van der Waals surface area contributed by atoms with Crippen LogP contribution in [0.4, 0.5) is 5.13 Å². The Morgan fingerprint density at radius 1 is 1.00 bits per heavy atom. The number of carbonyl (C=O) groups is 1. The fourth-order valence-corrected chi connectivity index (χ4v) is 3.94. The molecule has 1 amide bonds. The molecule has 4 rings (SSSR count). The number of hydrogen-bond acceptors (Lipinski definition) is 5. The van der Waals surface area contributed by atoms with Crippen LogP contribution in [-0.2, 0) is 6.61 Å². The number of anilines is 1. The van der Waals surface area contributed by atoms with E-state index in [0.29, 0.717) is 28.1 Å². The van der Waals surface area contributed by atoms with Crippen LogP contribution in [0.2, 0.25) is 5.02 Å². The van der Waals surface area contributed by atoms with Gasteiger partial charge >= 0.3 is 0 Å². The van der Waals surface area contributed by atoms with E-state index in [2.05, 4.69) is 15.6 Å². The second-order valence-corrected chi connectivity index (χ2v) is 8.45. The van der Waals surface area contributed by atoms with Gasteiger partial charge in [-0.15, -0.1) is 11.3 Å². The molecule has 8 heteroatoms. The summed E-state index contributed by atoms with van der Waals surface area (Å²) < 4.78 is 5.75. The lowest BCUT2D eigenvalue weighted by Crippen LogP contribution is -2.34. The topological polar surface area (TPSA) is 63.2 Å². The Morgan fingerprint density at radius 2 is 1.72 bits per heavy atom. The fourth-order valence-electron chi connectivity index (χ4n) is 2.83. The third-order valence-corrected chi connectivity index (χ3v) is 5.67. The van der Waals surface area contributed by atoms with Crippen molar-refractivity contribution in [1.82, 2.24) is 10.3 Å². The number of thiocarbonyl (C=S) groups is 1.